The van der Waals surface area contributed by atoms with Gasteiger partial charge >= 0.3 is 12.1 Å². The van der Waals surface area contributed by atoms with Crippen LogP contribution in [-0.4, -0.2) is 46.5 Å². The molecule has 0 aromatic heterocycles. The van der Waals surface area contributed by atoms with Gasteiger partial charge < -0.3 is 10.8 Å². The molecule has 25 heavy (non-hydrogen) atoms. The van der Waals surface area contributed by atoms with E-state index in [1.165, 1.54) is 12.5 Å². The van der Waals surface area contributed by atoms with Crippen molar-refractivity contribution in [2.75, 3.05) is 13.1 Å². The van der Waals surface area contributed by atoms with Crippen molar-refractivity contribution in [3.8, 4) is 0 Å². The minimum Gasteiger partial charge on any atom is -0.475 e. The number of rotatable bonds is 10. The third-order valence-corrected chi connectivity index (χ3v) is 2.98. The Morgan fingerprint density at radius 2 is 1.72 bits per heavy atom. The SMILES string of the molecule is CC(C)CCC/C=C/C(=O)N(O)CCCCCN.O=C(O)C(F)(F)F. The van der Waals surface area contributed by atoms with Crippen molar-refractivity contribution in [1.82, 2.24) is 5.06 Å². The number of halogens is 3. The molecule has 0 spiro atoms. The van der Waals surface area contributed by atoms with Crippen LogP contribution in [0, 0.1) is 5.92 Å². The van der Waals surface area contributed by atoms with E-state index in [0.717, 1.165) is 37.2 Å². The van der Waals surface area contributed by atoms with Gasteiger partial charge in [0.1, 0.15) is 0 Å². The summed E-state index contributed by atoms with van der Waals surface area (Å²) in [5, 5.41) is 17.4. The van der Waals surface area contributed by atoms with Crippen molar-refractivity contribution in [2.45, 2.75) is 58.5 Å². The van der Waals surface area contributed by atoms with Crippen molar-refractivity contribution >= 4 is 11.9 Å². The molecule has 0 fully saturated rings. The second-order valence-corrected chi connectivity index (χ2v) is 5.84. The van der Waals surface area contributed by atoms with Crippen LogP contribution >= 0.6 is 0 Å². The molecule has 0 unspecified atom stereocenters. The standard InChI is InChI=1S/C14H28N2O2.C2HF3O2/c1-13(2)9-5-3-6-10-14(17)16(18)12-8-4-7-11-15;3-2(4,5)1(6)7/h6,10,13,18H,3-5,7-9,11-12,15H2,1-2H3;(H,6,7)/b10-6+;. The summed E-state index contributed by atoms with van der Waals surface area (Å²) in [6, 6.07) is 0. The normalized spacial score (nSPS) is 11.4. The molecule has 0 aromatic rings. The van der Waals surface area contributed by atoms with Gasteiger partial charge in [-0.2, -0.15) is 13.2 Å². The summed E-state index contributed by atoms with van der Waals surface area (Å²) in [6.45, 7) is 5.42. The number of allylic oxidation sites excluding steroid dienone is 1. The Morgan fingerprint density at radius 1 is 1.16 bits per heavy atom. The molecule has 0 rings (SSSR count). The van der Waals surface area contributed by atoms with Crippen LogP contribution in [0.25, 0.3) is 0 Å². The van der Waals surface area contributed by atoms with E-state index in [0.29, 0.717) is 19.0 Å². The molecule has 0 aromatic carbocycles. The lowest BCUT2D eigenvalue weighted by Gasteiger charge is -2.12. The summed E-state index contributed by atoms with van der Waals surface area (Å²) in [5.74, 6) is -2.38. The number of nitrogens with zero attached hydrogens (tertiary/aromatic N) is 1. The van der Waals surface area contributed by atoms with E-state index in [-0.39, 0.29) is 5.91 Å². The van der Waals surface area contributed by atoms with Gasteiger partial charge in [-0.15, -0.1) is 0 Å². The number of carbonyl (C=O) groups excluding carboxylic acids is 1. The number of carboxylic acid groups (broad SMARTS) is 1. The fourth-order valence-electron chi connectivity index (χ4n) is 1.61. The molecule has 0 saturated carbocycles. The van der Waals surface area contributed by atoms with Crippen LogP contribution in [0.5, 0.6) is 0 Å². The van der Waals surface area contributed by atoms with Crippen LogP contribution in [0.3, 0.4) is 0 Å². The number of hydroxylamine groups is 2. The molecule has 0 atom stereocenters. The quantitative estimate of drug-likeness (QED) is 0.237. The number of amides is 1. The summed E-state index contributed by atoms with van der Waals surface area (Å²) >= 11 is 0. The summed E-state index contributed by atoms with van der Waals surface area (Å²) in [7, 11) is 0. The molecule has 148 valence electrons. The van der Waals surface area contributed by atoms with Gasteiger partial charge in [0.2, 0.25) is 0 Å². The van der Waals surface area contributed by atoms with Gasteiger partial charge in [-0.05, 0) is 38.1 Å². The van der Waals surface area contributed by atoms with Crippen molar-refractivity contribution in [3.05, 3.63) is 12.2 Å². The Labute approximate surface area is 146 Å². The lowest BCUT2D eigenvalue weighted by atomic mass is 10.1. The van der Waals surface area contributed by atoms with Gasteiger partial charge in [0.15, 0.2) is 0 Å². The molecule has 6 nitrogen and oxygen atoms in total. The molecule has 0 heterocycles. The molecule has 0 aliphatic rings. The maximum absolute atomic E-state index is 11.5. The predicted octanol–water partition coefficient (Wildman–Crippen LogP) is 3.35. The van der Waals surface area contributed by atoms with Gasteiger partial charge in [0.05, 0.1) is 0 Å². The number of nitrogens with two attached hydrogens (primary N) is 1. The number of hydrogen-bond donors (Lipinski definition) is 3. The highest BCUT2D eigenvalue weighted by atomic mass is 19.4. The summed E-state index contributed by atoms with van der Waals surface area (Å²) in [6.07, 6.45) is 4.04. The molecule has 1 amide bonds. The molecule has 9 heteroatoms. The first kappa shape index (κ1) is 25.6. The third-order valence-electron chi connectivity index (χ3n) is 2.98. The van der Waals surface area contributed by atoms with Gasteiger partial charge in [0.25, 0.3) is 5.91 Å². The van der Waals surface area contributed by atoms with E-state index in [9.17, 15) is 23.2 Å². The number of unbranched alkanes of at least 4 members (excludes halogenated alkanes) is 3. The van der Waals surface area contributed by atoms with Crippen LogP contribution in [0.15, 0.2) is 12.2 Å². The Balaban J connectivity index is 0. The van der Waals surface area contributed by atoms with Crippen molar-refractivity contribution in [3.63, 3.8) is 0 Å². The zero-order valence-electron chi connectivity index (χ0n) is 14.8. The van der Waals surface area contributed by atoms with Crippen LogP contribution in [0.1, 0.15) is 52.4 Å². The number of aliphatic carboxylic acids is 1. The Morgan fingerprint density at radius 3 is 2.16 bits per heavy atom. The molecular formula is C16H29F3N2O4. The zero-order chi connectivity index (χ0) is 19.9. The predicted molar refractivity (Wildman–Crippen MR) is 87.9 cm³/mol. The fourth-order valence-corrected chi connectivity index (χ4v) is 1.61. The fraction of sp³-hybridized carbons (Fsp3) is 0.750. The molecule has 0 saturated heterocycles. The van der Waals surface area contributed by atoms with Crippen molar-refractivity contribution < 1.29 is 33.1 Å². The third kappa shape index (κ3) is 18.6. The maximum atomic E-state index is 11.5. The number of alkyl halides is 3. The molecule has 0 bridgehead atoms. The average Bonchev–Trinajstić information content (AvgIpc) is 2.50. The van der Waals surface area contributed by atoms with Crippen LogP contribution in [-0.2, 0) is 9.59 Å². The van der Waals surface area contributed by atoms with Crippen LogP contribution in [0.4, 0.5) is 13.2 Å². The Bertz CT molecular complexity index is 399. The topological polar surface area (TPSA) is 104 Å². The first-order valence-electron chi connectivity index (χ1n) is 8.19. The van der Waals surface area contributed by atoms with E-state index in [1.54, 1.807) is 0 Å². The van der Waals surface area contributed by atoms with Crippen molar-refractivity contribution in [2.24, 2.45) is 11.7 Å². The molecule has 4 N–H and O–H groups in total. The van der Waals surface area contributed by atoms with E-state index < -0.39 is 12.1 Å². The smallest absolute Gasteiger partial charge is 0.475 e. The monoisotopic (exact) mass is 370 g/mol. The van der Waals surface area contributed by atoms with Crippen LogP contribution < -0.4 is 5.73 Å². The maximum Gasteiger partial charge on any atom is 0.490 e. The molecule has 0 aliphatic carbocycles. The van der Waals surface area contributed by atoms with E-state index in [4.69, 9.17) is 15.6 Å². The summed E-state index contributed by atoms with van der Waals surface area (Å²) in [4.78, 5) is 20.4. The lowest BCUT2D eigenvalue weighted by Crippen LogP contribution is -2.26. The minimum absolute atomic E-state index is 0.327. The second kappa shape index (κ2) is 14.7. The second-order valence-electron chi connectivity index (χ2n) is 5.84. The highest BCUT2D eigenvalue weighted by Gasteiger charge is 2.38. The van der Waals surface area contributed by atoms with Crippen LogP contribution in [0.2, 0.25) is 0 Å². The highest BCUT2D eigenvalue weighted by Crippen LogP contribution is 2.13. The summed E-state index contributed by atoms with van der Waals surface area (Å²) in [5.41, 5.74) is 5.37. The number of carboxylic acids is 1. The van der Waals surface area contributed by atoms with Gasteiger partial charge in [0, 0.05) is 12.6 Å². The summed E-state index contributed by atoms with van der Waals surface area (Å²) < 4.78 is 31.7. The van der Waals surface area contributed by atoms with E-state index >= 15 is 0 Å². The molecule has 0 aliphatic heterocycles. The van der Waals surface area contributed by atoms with E-state index in [2.05, 4.69) is 13.8 Å². The first-order chi connectivity index (χ1) is 11.5. The number of hydrogen-bond acceptors (Lipinski definition) is 4. The highest BCUT2D eigenvalue weighted by molar-refractivity contribution is 5.86. The van der Waals surface area contributed by atoms with E-state index in [1.807, 2.05) is 6.08 Å². The largest absolute Gasteiger partial charge is 0.490 e. The Hall–Kier alpha value is -1.61. The van der Waals surface area contributed by atoms with Gasteiger partial charge in [-0.3, -0.25) is 10.0 Å². The zero-order valence-corrected chi connectivity index (χ0v) is 14.8. The van der Waals surface area contributed by atoms with Gasteiger partial charge in [-0.1, -0.05) is 32.8 Å². The molecule has 0 radical (unpaired) electrons. The Kier molecular flexibility index (Phi) is 15.1. The minimum atomic E-state index is -5.08. The first-order valence-corrected chi connectivity index (χ1v) is 8.19. The van der Waals surface area contributed by atoms with Gasteiger partial charge in [-0.25, -0.2) is 9.86 Å². The average molecular weight is 370 g/mol. The lowest BCUT2D eigenvalue weighted by molar-refractivity contribution is -0.192. The molecular weight excluding hydrogens is 341 g/mol. The van der Waals surface area contributed by atoms with Crippen molar-refractivity contribution in [1.29, 1.82) is 0 Å². The number of carbonyl (C=O) groups is 2.